The third-order valence-corrected chi connectivity index (χ3v) is 4.53. The van der Waals surface area contributed by atoms with Crippen molar-refractivity contribution >= 4 is 5.91 Å². The number of nitrogens with two attached hydrogens (primary N) is 2. The topological polar surface area (TPSA) is 107 Å². The van der Waals surface area contributed by atoms with Gasteiger partial charge in [-0.2, -0.15) is 0 Å². The summed E-state index contributed by atoms with van der Waals surface area (Å²) < 4.78 is 5.89. The van der Waals surface area contributed by atoms with E-state index >= 15 is 0 Å². The predicted molar refractivity (Wildman–Crippen MR) is 99.7 cm³/mol. The van der Waals surface area contributed by atoms with Crippen molar-refractivity contribution in [3.63, 3.8) is 0 Å². The molecule has 1 aromatic carbocycles. The van der Waals surface area contributed by atoms with Crippen molar-refractivity contribution < 1.29 is 9.53 Å². The first-order chi connectivity index (χ1) is 12.7. The van der Waals surface area contributed by atoms with Crippen LogP contribution in [-0.4, -0.2) is 47.0 Å². The monoisotopic (exact) mass is 355 g/mol. The van der Waals surface area contributed by atoms with E-state index in [4.69, 9.17) is 16.2 Å². The first kappa shape index (κ1) is 18.3. The molecule has 0 atom stereocenters. The summed E-state index contributed by atoms with van der Waals surface area (Å²) in [7, 11) is 0. The Balaban J connectivity index is 1.68. The van der Waals surface area contributed by atoms with Crippen molar-refractivity contribution in [3.05, 3.63) is 41.9 Å². The number of benzene rings is 1. The number of hydrogen-bond donors (Lipinski definition) is 2. The third kappa shape index (κ3) is 4.56. The van der Waals surface area contributed by atoms with Gasteiger partial charge in [-0.1, -0.05) is 18.6 Å². The van der Waals surface area contributed by atoms with Crippen LogP contribution in [-0.2, 0) is 6.54 Å². The van der Waals surface area contributed by atoms with Crippen LogP contribution in [0, 0.1) is 0 Å². The Kier molecular flexibility index (Phi) is 6.14. The molecule has 7 heteroatoms. The van der Waals surface area contributed by atoms with Crippen LogP contribution < -0.4 is 16.2 Å². The molecule has 4 N–H and O–H groups in total. The van der Waals surface area contributed by atoms with Gasteiger partial charge >= 0.3 is 0 Å². The Morgan fingerprint density at radius 1 is 1.23 bits per heavy atom. The van der Waals surface area contributed by atoms with E-state index in [1.165, 1.54) is 19.3 Å². The van der Waals surface area contributed by atoms with E-state index in [9.17, 15) is 4.79 Å². The number of amides is 1. The van der Waals surface area contributed by atoms with Crippen LogP contribution >= 0.6 is 0 Å². The fourth-order valence-electron chi connectivity index (χ4n) is 3.12. The number of aromatic nitrogens is 2. The maximum Gasteiger partial charge on any atom is 0.269 e. The molecule has 2 aromatic rings. The number of piperidine rings is 1. The average molecular weight is 355 g/mol. The number of likely N-dealkylation sites (tertiary alicyclic amines) is 1. The number of carbonyl (C=O) groups is 1. The van der Waals surface area contributed by atoms with Gasteiger partial charge in [-0.15, -0.1) is 0 Å². The minimum absolute atomic E-state index is 0.112. The van der Waals surface area contributed by atoms with Gasteiger partial charge in [0.05, 0.1) is 17.6 Å². The number of carbonyl (C=O) groups excluding carboxylic acids is 1. The van der Waals surface area contributed by atoms with Crippen molar-refractivity contribution in [2.75, 3.05) is 26.2 Å². The zero-order chi connectivity index (χ0) is 18.4. The largest absolute Gasteiger partial charge is 0.492 e. The van der Waals surface area contributed by atoms with Crippen LogP contribution in [0.2, 0.25) is 0 Å². The summed E-state index contributed by atoms with van der Waals surface area (Å²) in [6.45, 7) is 4.00. The summed E-state index contributed by atoms with van der Waals surface area (Å²) in [4.78, 5) is 22.5. The highest BCUT2D eigenvalue weighted by atomic mass is 16.5. The lowest BCUT2D eigenvalue weighted by molar-refractivity contribution is 0.0994. The van der Waals surface area contributed by atoms with E-state index in [-0.39, 0.29) is 12.2 Å². The summed E-state index contributed by atoms with van der Waals surface area (Å²) >= 11 is 0. The molecular weight excluding hydrogens is 330 g/mol. The Morgan fingerprint density at radius 3 is 2.77 bits per heavy atom. The highest BCUT2D eigenvalue weighted by Crippen LogP contribution is 2.23. The molecule has 0 bridgehead atoms. The normalized spacial score (nSPS) is 15.0. The molecule has 0 saturated carbocycles. The van der Waals surface area contributed by atoms with Crippen molar-refractivity contribution in [3.8, 4) is 17.0 Å². The number of rotatable bonds is 7. The van der Waals surface area contributed by atoms with Crippen LogP contribution in [0.1, 0.15) is 35.4 Å². The molecule has 1 saturated heterocycles. The first-order valence-electron chi connectivity index (χ1n) is 8.99. The zero-order valence-electron chi connectivity index (χ0n) is 14.9. The molecule has 7 nitrogen and oxygen atoms in total. The number of primary amides is 1. The molecule has 2 heterocycles. The summed E-state index contributed by atoms with van der Waals surface area (Å²) in [5.74, 6) is 0.138. The minimum atomic E-state index is -0.631. The molecule has 0 aliphatic carbocycles. The molecular formula is C19H25N5O2. The van der Waals surface area contributed by atoms with E-state index < -0.39 is 5.91 Å². The summed E-state index contributed by atoms with van der Waals surface area (Å²) in [5, 5.41) is 0. The molecule has 0 unspecified atom stereocenters. The standard InChI is InChI=1S/C19H25N5O2/c20-12-16-18(19(21)25)23-17(13-22-16)14-5-4-6-15(11-14)26-10-9-24-7-2-1-3-8-24/h4-6,11,13H,1-3,7-10,12,20H2,(H2,21,25). The van der Waals surface area contributed by atoms with Gasteiger partial charge in [0, 0.05) is 18.7 Å². The van der Waals surface area contributed by atoms with E-state index in [1.807, 2.05) is 24.3 Å². The van der Waals surface area contributed by atoms with Crippen LogP contribution in [0.15, 0.2) is 30.5 Å². The molecule has 1 fully saturated rings. The highest BCUT2D eigenvalue weighted by molar-refractivity contribution is 5.92. The summed E-state index contributed by atoms with van der Waals surface area (Å²) in [5.41, 5.74) is 12.9. The first-order valence-corrected chi connectivity index (χ1v) is 8.99. The van der Waals surface area contributed by atoms with Crippen LogP contribution in [0.25, 0.3) is 11.3 Å². The van der Waals surface area contributed by atoms with Gasteiger partial charge in [-0.3, -0.25) is 14.7 Å². The Hall–Kier alpha value is -2.51. The molecule has 26 heavy (non-hydrogen) atoms. The molecule has 0 radical (unpaired) electrons. The van der Waals surface area contributed by atoms with Crippen molar-refractivity contribution in [1.29, 1.82) is 0 Å². The second-order valence-electron chi connectivity index (χ2n) is 6.40. The number of nitrogens with zero attached hydrogens (tertiary/aromatic N) is 3. The van der Waals surface area contributed by atoms with Crippen molar-refractivity contribution in [2.45, 2.75) is 25.8 Å². The fourth-order valence-corrected chi connectivity index (χ4v) is 3.12. The predicted octanol–water partition coefficient (Wildman–Crippen LogP) is 1.57. The smallest absolute Gasteiger partial charge is 0.269 e. The number of ether oxygens (including phenoxy) is 1. The van der Waals surface area contributed by atoms with Crippen LogP contribution in [0.5, 0.6) is 5.75 Å². The quantitative estimate of drug-likeness (QED) is 0.780. The van der Waals surface area contributed by atoms with E-state index in [0.717, 1.165) is 30.9 Å². The molecule has 3 rings (SSSR count). The molecule has 1 aliphatic rings. The summed E-state index contributed by atoms with van der Waals surface area (Å²) in [6.07, 6.45) is 5.47. The minimum Gasteiger partial charge on any atom is -0.492 e. The highest BCUT2D eigenvalue weighted by Gasteiger charge is 2.13. The fraction of sp³-hybridized carbons (Fsp3) is 0.421. The van der Waals surface area contributed by atoms with Crippen molar-refractivity contribution in [2.24, 2.45) is 11.5 Å². The van der Waals surface area contributed by atoms with Gasteiger partial charge in [0.2, 0.25) is 0 Å². The summed E-state index contributed by atoms with van der Waals surface area (Å²) in [6, 6.07) is 7.60. The average Bonchev–Trinajstić information content (AvgIpc) is 2.68. The Bertz CT molecular complexity index is 759. The van der Waals surface area contributed by atoms with Crippen LogP contribution in [0.3, 0.4) is 0 Å². The zero-order valence-corrected chi connectivity index (χ0v) is 14.9. The van der Waals surface area contributed by atoms with Crippen molar-refractivity contribution in [1.82, 2.24) is 14.9 Å². The van der Waals surface area contributed by atoms with Gasteiger partial charge in [0.15, 0.2) is 5.69 Å². The van der Waals surface area contributed by atoms with E-state index in [1.54, 1.807) is 6.20 Å². The Labute approximate surface area is 153 Å². The SMILES string of the molecule is NCc1ncc(-c2cccc(OCCN3CCCCC3)c2)nc1C(N)=O. The lowest BCUT2D eigenvalue weighted by atomic mass is 10.1. The number of hydrogen-bond acceptors (Lipinski definition) is 6. The molecule has 138 valence electrons. The maximum atomic E-state index is 11.6. The van der Waals surface area contributed by atoms with E-state index in [0.29, 0.717) is 18.0 Å². The lowest BCUT2D eigenvalue weighted by Crippen LogP contribution is -2.33. The maximum absolute atomic E-state index is 11.6. The second kappa shape index (κ2) is 8.73. The molecule has 1 aromatic heterocycles. The Morgan fingerprint density at radius 2 is 2.04 bits per heavy atom. The lowest BCUT2D eigenvalue weighted by Gasteiger charge is -2.26. The van der Waals surface area contributed by atoms with Gasteiger partial charge in [-0.25, -0.2) is 4.98 Å². The van der Waals surface area contributed by atoms with Crippen LogP contribution in [0.4, 0.5) is 0 Å². The second-order valence-corrected chi connectivity index (χ2v) is 6.40. The molecule has 1 amide bonds. The van der Waals surface area contributed by atoms with E-state index in [2.05, 4.69) is 14.9 Å². The van der Waals surface area contributed by atoms with Gasteiger partial charge < -0.3 is 16.2 Å². The van der Waals surface area contributed by atoms with Gasteiger partial charge in [0.1, 0.15) is 12.4 Å². The van der Waals surface area contributed by atoms with Gasteiger partial charge in [0.25, 0.3) is 5.91 Å². The third-order valence-electron chi connectivity index (χ3n) is 4.53. The molecule has 1 aliphatic heterocycles. The molecule has 0 spiro atoms. The van der Waals surface area contributed by atoms with Gasteiger partial charge in [-0.05, 0) is 38.1 Å².